The Morgan fingerprint density at radius 2 is 2.17 bits per heavy atom. The molecular weight excluding hydrogens is 240 g/mol. The number of hydrogen-bond acceptors (Lipinski definition) is 5. The Balaban J connectivity index is 2.17. The molecule has 1 amide bonds. The zero-order valence-corrected chi connectivity index (χ0v) is 10.7. The van der Waals surface area contributed by atoms with E-state index in [4.69, 9.17) is 14.6 Å². The highest BCUT2D eigenvalue weighted by Gasteiger charge is 2.33. The number of hydrogen-bond donors (Lipinski definition) is 3. The number of carboxylic acid groups (broad SMARTS) is 1. The summed E-state index contributed by atoms with van der Waals surface area (Å²) in [7, 11) is 1.41. The van der Waals surface area contributed by atoms with E-state index in [1.165, 1.54) is 7.11 Å². The molecule has 0 aromatic rings. The highest BCUT2D eigenvalue weighted by atomic mass is 16.5. The maximum atomic E-state index is 11.5. The maximum absolute atomic E-state index is 11.5. The Morgan fingerprint density at radius 1 is 1.50 bits per heavy atom. The van der Waals surface area contributed by atoms with Crippen molar-refractivity contribution >= 4 is 11.9 Å². The summed E-state index contributed by atoms with van der Waals surface area (Å²) >= 11 is 0. The summed E-state index contributed by atoms with van der Waals surface area (Å²) < 4.78 is 10.4. The van der Waals surface area contributed by atoms with Crippen LogP contribution in [-0.4, -0.2) is 62.0 Å². The van der Waals surface area contributed by atoms with Crippen molar-refractivity contribution in [3.8, 4) is 0 Å². The molecule has 0 radical (unpaired) electrons. The molecule has 0 spiro atoms. The number of amides is 1. The topological polar surface area (TPSA) is 96.9 Å². The summed E-state index contributed by atoms with van der Waals surface area (Å²) in [5, 5.41) is 14.3. The number of ether oxygens (including phenoxy) is 2. The van der Waals surface area contributed by atoms with Crippen LogP contribution in [0, 0.1) is 0 Å². The third-order valence-electron chi connectivity index (χ3n) is 2.81. The molecule has 104 valence electrons. The monoisotopic (exact) mass is 260 g/mol. The van der Waals surface area contributed by atoms with Crippen LogP contribution in [0.3, 0.4) is 0 Å². The number of methoxy groups -OCH3 is 1. The zero-order chi connectivity index (χ0) is 13.6. The van der Waals surface area contributed by atoms with E-state index in [1.807, 2.05) is 6.92 Å². The molecule has 1 atom stereocenters. The Morgan fingerprint density at radius 3 is 2.61 bits per heavy atom. The smallest absolute Gasteiger partial charge is 0.306 e. The van der Waals surface area contributed by atoms with Gasteiger partial charge in [0.2, 0.25) is 5.91 Å². The van der Waals surface area contributed by atoms with Crippen molar-refractivity contribution in [2.24, 2.45) is 0 Å². The molecule has 1 heterocycles. The van der Waals surface area contributed by atoms with Gasteiger partial charge in [-0.05, 0) is 6.92 Å². The molecule has 1 saturated heterocycles. The highest BCUT2D eigenvalue weighted by Crippen LogP contribution is 2.14. The second kappa shape index (κ2) is 6.67. The normalized spacial score (nSPS) is 18.8. The fraction of sp³-hybridized carbons (Fsp3) is 0.818. The van der Waals surface area contributed by atoms with Gasteiger partial charge < -0.3 is 25.2 Å². The van der Waals surface area contributed by atoms with Gasteiger partial charge in [0.1, 0.15) is 6.61 Å². The minimum absolute atomic E-state index is 0.0261. The second-order valence-electron chi connectivity index (χ2n) is 4.60. The van der Waals surface area contributed by atoms with E-state index in [0.717, 1.165) is 13.1 Å². The first-order valence-electron chi connectivity index (χ1n) is 5.81. The molecule has 0 aromatic heterocycles. The SMILES string of the molecule is COC(CNC(=O)COC1(C)CNC1)CC(=O)O. The number of carbonyl (C=O) groups is 2. The first kappa shape index (κ1) is 14.9. The van der Waals surface area contributed by atoms with Gasteiger partial charge in [-0.2, -0.15) is 0 Å². The van der Waals surface area contributed by atoms with Crippen molar-refractivity contribution in [1.29, 1.82) is 0 Å². The van der Waals surface area contributed by atoms with Gasteiger partial charge in [0.05, 0.1) is 18.1 Å². The quantitative estimate of drug-likeness (QED) is 0.516. The summed E-state index contributed by atoms with van der Waals surface area (Å²) in [4.78, 5) is 22.0. The van der Waals surface area contributed by atoms with E-state index in [-0.39, 0.29) is 31.1 Å². The number of nitrogens with one attached hydrogen (secondary N) is 2. The molecule has 1 fully saturated rings. The van der Waals surface area contributed by atoms with Crippen LogP contribution in [0.15, 0.2) is 0 Å². The Kier molecular flexibility index (Phi) is 5.52. The number of carboxylic acids is 1. The van der Waals surface area contributed by atoms with E-state index in [2.05, 4.69) is 10.6 Å². The molecule has 18 heavy (non-hydrogen) atoms. The number of aliphatic carboxylic acids is 1. The van der Waals surface area contributed by atoms with Gasteiger partial charge in [0.15, 0.2) is 0 Å². The van der Waals surface area contributed by atoms with E-state index in [9.17, 15) is 9.59 Å². The average molecular weight is 260 g/mol. The second-order valence-corrected chi connectivity index (χ2v) is 4.60. The zero-order valence-electron chi connectivity index (χ0n) is 10.7. The predicted octanol–water partition coefficient (Wildman–Crippen LogP) is -1.03. The van der Waals surface area contributed by atoms with Gasteiger partial charge in [0.25, 0.3) is 0 Å². The molecule has 7 nitrogen and oxygen atoms in total. The van der Waals surface area contributed by atoms with Crippen LogP contribution in [0.5, 0.6) is 0 Å². The summed E-state index contributed by atoms with van der Waals surface area (Å²) in [5.41, 5.74) is -0.265. The van der Waals surface area contributed by atoms with E-state index < -0.39 is 12.1 Å². The van der Waals surface area contributed by atoms with Crippen LogP contribution in [0.4, 0.5) is 0 Å². The molecule has 0 bridgehead atoms. The van der Waals surface area contributed by atoms with Crippen molar-refractivity contribution in [3.63, 3.8) is 0 Å². The molecule has 1 unspecified atom stereocenters. The first-order valence-corrected chi connectivity index (χ1v) is 5.81. The third kappa shape index (κ3) is 4.99. The molecule has 7 heteroatoms. The van der Waals surface area contributed by atoms with Crippen molar-refractivity contribution in [1.82, 2.24) is 10.6 Å². The Hall–Kier alpha value is -1.18. The lowest BCUT2D eigenvalue weighted by atomic mass is 10.0. The minimum Gasteiger partial charge on any atom is -0.481 e. The number of carbonyl (C=O) groups excluding carboxylic acids is 1. The molecule has 0 aromatic carbocycles. The summed E-state index contributed by atoms with van der Waals surface area (Å²) in [6, 6.07) is 0. The Bertz CT molecular complexity index is 304. The van der Waals surface area contributed by atoms with Crippen molar-refractivity contribution in [2.45, 2.75) is 25.0 Å². The van der Waals surface area contributed by atoms with Gasteiger partial charge in [-0.25, -0.2) is 0 Å². The van der Waals surface area contributed by atoms with E-state index >= 15 is 0 Å². The van der Waals surface area contributed by atoms with E-state index in [1.54, 1.807) is 0 Å². The Labute approximate surface area is 106 Å². The lowest BCUT2D eigenvalue weighted by molar-refractivity contribution is -0.141. The summed E-state index contributed by atoms with van der Waals surface area (Å²) in [5.74, 6) is -1.23. The third-order valence-corrected chi connectivity index (χ3v) is 2.81. The molecule has 0 saturated carbocycles. The molecule has 1 aliphatic rings. The van der Waals surface area contributed by atoms with Gasteiger partial charge >= 0.3 is 5.97 Å². The predicted molar refractivity (Wildman–Crippen MR) is 63.3 cm³/mol. The van der Waals surface area contributed by atoms with Gasteiger partial charge in [-0.15, -0.1) is 0 Å². The highest BCUT2D eigenvalue weighted by molar-refractivity contribution is 5.77. The lowest BCUT2D eigenvalue weighted by Crippen LogP contribution is -2.59. The van der Waals surface area contributed by atoms with Crippen LogP contribution in [0.2, 0.25) is 0 Å². The molecule has 1 rings (SSSR count). The maximum Gasteiger partial charge on any atom is 0.306 e. The fourth-order valence-corrected chi connectivity index (χ4v) is 1.53. The van der Waals surface area contributed by atoms with Crippen molar-refractivity contribution < 1.29 is 24.2 Å². The van der Waals surface area contributed by atoms with Crippen LogP contribution in [0.25, 0.3) is 0 Å². The first-order chi connectivity index (χ1) is 8.45. The van der Waals surface area contributed by atoms with Gasteiger partial charge in [0, 0.05) is 26.7 Å². The van der Waals surface area contributed by atoms with Gasteiger partial charge in [-0.1, -0.05) is 0 Å². The van der Waals surface area contributed by atoms with Gasteiger partial charge in [-0.3, -0.25) is 9.59 Å². The van der Waals surface area contributed by atoms with Crippen LogP contribution < -0.4 is 10.6 Å². The van der Waals surface area contributed by atoms with Crippen LogP contribution in [-0.2, 0) is 19.1 Å². The summed E-state index contributed by atoms with van der Waals surface area (Å²) in [6.07, 6.45) is -0.661. The minimum atomic E-state index is -0.958. The van der Waals surface area contributed by atoms with Crippen molar-refractivity contribution in [2.75, 3.05) is 33.4 Å². The van der Waals surface area contributed by atoms with Crippen LogP contribution in [0.1, 0.15) is 13.3 Å². The van der Waals surface area contributed by atoms with E-state index in [0.29, 0.717) is 0 Å². The van der Waals surface area contributed by atoms with Crippen LogP contribution >= 0.6 is 0 Å². The average Bonchev–Trinajstić information content (AvgIpc) is 2.28. The molecule has 3 N–H and O–H groups in total. The largest absolute Gasteiger partial charge is 0.481 e. The fourth-order valence-electron chi connectivity index (χ4n) is 1.53. The molecule has 1 aliphatic heterocycles. The lowest BCUT2D eigenvalue weighted by Gasteiger charge is -2.38. The molecule has 0 aliphatic carbocycles. The standard InChI is InChI=1S/C11H20N2O5/c1-11(6-12-7-11)18-5-9(14)13-4-8(17-2)3-10(15)16/h8,12H,3-7H2,1-2H3,(H,13,14)(H,15,16). The number of rotatable bonds is 8. The molecular formula is C11H20N2O5. The summed E-state index contributed by atoms with van der Waals surface area (Å²) in [6.45, 7) is 3.54. The van der Waals surface area contributed by atoms with Crippen molar-refractivity contribution in [3.05, 3.63) is 0 Å².